The summed E-state index contributed by atoms with van der Waals surface area (Å²) in [5.74, 6) is -0.243. The summed E-state index contributed by atoms with van der Waals surface area (Å²) in [5, 5.41) is 8.23. The number of aryl methyl sites for hydroxylation is 1. The zero-order valence-corrected chi connectivity index (χ0v) is 12.1. The van der Waals surface area contributed by atoms with Gasteiger partial charge in [0.1, 0.15) is 4.88 Å². The molecular formula is C13H11ClN4OS. The summed E-state index contributed by atoms with van der Waals surface area (Å²) in [4.78, 5) is 12.7. The van der Waals surface area contributed by atoms with Crippen molar-refractivity contribution < 1.29 is 4.79 Å². The number of carbonyl (C=O) groups is 1. The maximum Gasteiger partial charge on any atom is 0.267 e. The number of benzene rings is 1. The summed E-state index contributed by atoms with van der Waals surface area (Å²) in [6.45, 7) is 0. The van der Waals surface area contributed by atoms with Gasteiger partial charge in [-0.2, -0.15) is 5.10 Å². The van der Waals surface area contributed by atoms with E-state index in [-0.39, 0.29) is 5.91 Å². The van der Waals surface area contributed by atoms with Crippen LogP contribution in [0.5, 0.6) is 0 Å². The summed E-state index contributed by atoms with van der Waals surface area (Å²) in [5.41, 5.74) is 7.14. The van der Waals surface area contributed by atoms with Crippen LogP contribution in [0.2, 0.25) is 5.02 Å². The lowest BCUT2D eigenvalue weighted by molar-refractivity contribution is 0.103. The summed E-state index contributed by atoms with van der Waals surface area (Å²) in [7, 11) is 1.78. The molecule has 0 spiro atoms. The largest absolute Gasteiger partial charge is 0.397 e. The number of thiophene rings is 1. The van der Waals surface area contributed by atoms with Crippen LogP contribution in [-0.4, -0.2) is 15.7 Å². The van der Waals surface area contributed by atoms with E-state index in [1.165, 1.54) is 11.3 Å². The van der Waals surface area contributed by atoms with Crippen LogP contribution in [0, 0.1) is 0 Å². The molecule has 2 heterocycles. The zero-order chi connectivity index (χ0) is 14.3. The Kier molecular flexibility index (Phi) is 3.11. The molecule has 0 atom stereocenters. The molecule has 5 nitrogen and oxygen atoms in total. The van der Waals surface area contributed by atoms with E-state index in [0.717, 1.165) is 10.1 Å². The second kappa shape index (κ2) is 4.81. The highest BCUT2D eigenvalue weighted by molar-refractivity contribution is 7.21. The number of amides is 1. The van der Waals surface area contributed by atoms with E-state index >= 15 is 0 Å². The van der Waals surface area contributed by atoms with Crippen molar-refractivity contribution in [1.82, 2.24) is 9.78 Å². The van der Waals surface area contributed by atoms with E-state index in [9.17, 15) is 4.79 Å². The minimum atomic E-state index is -0.243. The third-order valence-corrected chi connectivity index (χ3v) is 4.26. The van der Waals surface area contributed by atoms with Crippen LogP contribution in [0.1, 0.15) is 9.67 Å². The zero-order valence-electron chi connectivity index (χ0n) is 10.6. The molecule has 0 saturated carbocycles. The van der Waals surface area contributed by atoms with E-state index in [1.54, 1.807) is 36.3 Å². The van der Waals surface area contributed by atoms with E-state index in [2.05, 4.69) is 10.4 Å². The minimum Gasteiger partial charge on any atom is -0.397 e. The lowest BCUT2D eigenvalue weighted by atomic mass is 10.2. The minimum absolute atomic E-state index is 0.243. The van der Waals surface area contributed by atoms with Gasteiger partial charge >= 0.3 is 0 Å². The molecule has 3 aromatic rings. The molecule has 2 aromatic heterocycles. The fourth-order valence-corrected chi connectivity index (χ4v) is 3.23. The number of nitrogen functional groups attached to an aromatic ring is 1. The van der Waals surface area contributed by atoms with Crippen LogP contribution >= 0.6 is 22.9 Å². The lowest BCUT2D eigenvalue weighted by Gasteiger charge is -2.00. The second-order valence-electron chi connectivity index (χ2n) is 4.34. The summed E-state index contributed by atoms with van der Waals surface area (Å²) >= 11 is 7.27. The first kappa shape index (κ1) is 13.0. The van der Waals surface area contributed by atoms with Crippen LogP contribution in [0.25, 0.3) is 10.1 Å². The number of halogens is 1. The average Bonchev–Trinajstić information content (AvgIpc) is 2.94. The first-order valence-corrected chi connectivity index (χ1v) is 7.01. The number of aromatic nitrogens is 2. The van der Waals surface area contributed by atoms with Gasteiger partial charge in [-0.1, -0.05) is 11.6 Å². The fraction of sp³-hybridized carbons (Fsp3) is 0.0769. The average molecular weight is 307 g/mol. The molecule has 3 N–H and O–H groups in total. The Morgan fingerprint density at radius 2 is 2.30 bits per heavy atom. The van der Waals surface area contributed by atoms with Crippen LogP contribution in [-0.2, 0) is 7.05 Å². The van der Waals surface area contributed by atoms with E-state index in [1.807, 2.05) is 6.07 Å². The maximum absolute atomic E-state index is 12.2. The highest BCUT2D eigenvalue weighted by atomic mass is 35.5. The Bertz CT molecular complexity index is 808. The SMILES string of the molecule is Cn1cc(NC(=O)c2sc3cc(Cl)ccc3c2N)cn1. The maximum atomic E-state index is 12.2. The van der Waals surface area contributed by atoms with E-state index in [0.29, 0.717) is 21.3 Å². The van der Waals surface area contributed by atoms with Crippen molar-refractivity contribution in [3.8, 4) is 0 Å². The second-order valence-corrected chi connectivity index (χ2v) is 5.83. The number of hydrogen-bond donors (Lipinski definition) is 2. The Balaban J connectivity index is 1.97. The molecule has 0 fully saturated rings. The third-order valence-electron chi connectivity index (χ3n) is 2.86. The molecule has 0 aliphatic carbocycles. The van der Waals surface area contributed by atoms with Gasteiger partial charge in [0.2, 0.25) is 0 Å². The Labute approximate surface area is 124 Å². The molecular weight excluding hydrogens is 296 g/mol. The summed E-state index contributed by atoms with van der Waals surface area (Å²) < 4.78 is 2.51. The molecule has 0 bridgehead atoms. The molecule has 3 rings (SSSR count). The van der Waals surface area contributed by atoms with Crippen molar-refractivity contribution in [3.05, 3.63) is 40.5 Å². The van der Waals surface area contributed by atoms with Gasteiger partial charge in [0.15, 0.2) is 0 Å². The number of hydrogen-bond acceptors (Lipinski definition) is 4. The topological polar surface area (TPSA) is 72.9 Å². The first-order chi connectivity index (χ1) is 9.54. The van der Waals surface area contributed by atoms with Gasteiger partial charge in [-0.3, -0.25) is 9.48 Å². The Hall–Kier alpha value is -2.05. The van der Waals surface area contributed by atoms with Gasteiger partial charge in [-0.15, -0.1) is 11.3 Å². The van der Waals surface area contributed by atoms with Gasteiger partial charge in [0, 0.05) is 28.4 Å². The highest BCUT2D eigenvalue weighted by Gasteiger charge is 2.17. The molecule has 0 saturated heterocycles. The van der Waals surface area contributed by atoms with Crippen molar-refractivity contribution in [2.24, 2.45) is 7.05 Å². The molecule has 102 valence electrons. The smallest absolute Gasteiger partial charge is 0.267 e. The number of anilines is 2. The number of nitrogens with one attached hydrogen (secondary N) is 1. The summed E-state index contributed by atoms with van der Waals surface area (Å²) in [6, 6.07) is 5.39. The monoisotopic (exact) mass is 306 g/mol. The molecule has 0 unspecified atom stereocenters. The van der Waals surface area contributed by atoms with Crippen LogP contribution in [0.15, 0.2) is 30.6 Å². The Morgan fingerprint density at radius 1 is 1.50 bits per heavy atom. The lowest BCUT2D eigenvalue weighted by Crippen LogP contribution is -2.11. The van der Waals surface area contributed by atoms with Gasteiger partial charge in [0.05, 0.1) is 17.6 Å². The predicted molar refractivity (Wildman–Crippen MR) is 82.4 cm³/mol. The third kappa shape index (κ3) is 2.23. The van der Waals surface area contributed by atoms with E-state index in [4.69, 9.17) is 17.3 Å². The van der Waals surface area contributed by atoms with Gasteiger partial charge in [-0.05, 0) is 18.2 Å². The molecule has 0 aliphatic heterocycles. The van der Waals surface area contributed by atoms with Crippen LogP contribution in [0.3, 0.4) is 0 Å². The molecule has 0 radical (unpaired) electrons. The molecule has 7 heteroatoms. The molecule has 0 aliphatic rings. The number of carbonyl (C=O) groups excluding carboxylic acids is 1. The van der Waals surface area contributed by atoms with Crippen molar-refractivity contribution in [3.63, 3.8) is 0 Å². The van der Waals surface area contributed by atoms with Crippen LogP contribution < -0.4 is 11.1 Å². The van der Waals surface area contributed by atoms with E-state index < -0.39 is 0 Å². The quantitative estimate of drug-likeness (QED) is 0.764. The standard InChI is InChI=1S/C13H11ClN4OS/c1-18-6-8(5-16-18)17-13(19)12-11(15)9-3-2-7(14)4-10(9)20-12/h2-6H,15H2,1H3,(H,17,19). The van der Waals surface area contributed by atoms with Gasteiger partial charge in [-0.25, -0.2) is 0 Å². The van der Waals surface area contributed by atoms with Gasteiger partial charge < -0.3 is 11.1 Å². The van der Waals surface area contributed by atoms with Crippen molar-refractivity contribution in [2.45, 2.75) is 0 Å². The first-order valence-electron chi connectivity index (χ1n) is 5.82. The fourth-order valence-electron chi connectivity index (χ4n) is 1.93. The van der Waals surface area contributed by atoms with Crippen molar-refractivity contribution >= 4 is 50.3 Å². The Morgan fingerprint density at radius 3 is 3.00 bits per heavy atom. The van der Waals surface area contributed by atoms with Crippen molar-refractivity contribution in [2.75, 3.05) is 11.1 Å². The number of fused-ring (bicyclic) bond motifs is 1. The van der Waals surface area contributed by atoms with Crippen molar-refractivity contribution in [1.29, 1.82) is 0 Å². The number of nitrogens with zero attached hydrogens (tertiary/aromatic N) is 2. The molecule has 20 heavy (non-hydrogen) atoms. The predicted octanol–water partition coefficient (Wildman–Crippen LogP) is 3.12. The van der Waals surface area contributed by atoms with Gasteiger partial charge in [0.25, 0.3) is 5.91 Å². The molecule has 1 amide bonds. The highest BCUT2D eigenvalue weighted by Crippen LogP contribution is 2.35. The summed E-state index contributed by atoms with van der Waals surface area (Å²) in [6.07, 6.45) is 3.30. The normalized spacial score (nSPS) is 10.9. The number of rotatable bonds is 2. The van der Waals surface area contributed by atoms with Crippen LogP contribution in [0.4, 0.5) is 11.4 Å². The molecule has 1 aromatic carbocycles. The number of nitrogens with two attached hydrogens (primary N) is 1.